The summed E-state index contributed by atoms with van der Waals surface area (Å²) in [6, 6.07) is 13.3. The minimum atomic E-state index is -0.239. The Kier molecular flexibility index (Phi) is 4.71. The maximum Gasteiger partial charge on any atom is 0.259 e. The summed E-state index contributed by atoms with van der Waals surface area (Å²) >= 11 is 0. The molecule has 0 saturated carbocycles. The average molecular weight is 402 g/mol. The number of aryl methyl sites for hydroxylation is 1. The van der Waals surface area contributed by atoms with Crippen LogP contribution in [0.25, 0.3) is 22.6 Å². The standard InChI is InChI=1S/C23H22N4O3/c1-15-21-18(14-19(20-9-6-12-29-20)25-23(21)30-26-15)22(28)24-16-7-5-8-17(13-16)27-10-3-2-4-11-27/h5-9,12-14H,2-4,10-11H2,1H3,(H,24,28). The van der Waals surface area contributed by atoms with Crippen LogP contribution in [-0.2, 0) is 0 Å². The van der Waals surface area contributed by atoms with Crippen molar-refractivity contribution in [1.29, 1.82) is 0 Å². The Hall–Kier alpha value is -3.61. The van der Waals surface area contributed by atoms with Gasteiger partial charge in [0, 0.05) is 24.5 Å². The molecule has 4 aromatic rings. The molecule has 7 heteroatoms. The van der Waals surface area contributed by atoms with Crippen LogP contribution in [0.4, 0.5) is 11.4 Å². The molecule has 0 radical (unpaired) electrons. The molecule has 4 heterocycles. The highest BCUT2D eigenvalue weighted by atomic mass is 16.5. The molecule has 152 valence electrons. The molecule has 0 aliphatic carbocycles. The number of furan rings is 1. The first-order valence-electron chi connectivity index (χ1n) is 10.2. The minimum Gasteiger partial charge on any atom is -0.463 e. The van der Waals surface area contributed by atoms with Crippen molar-refractivity contribution in [1.82, 2.24) is 10.1 Å². The van der Waals surface area contributed by atoms with E-state index in [1.54, 1.807) is 31.4 Å². The van der Waals surface area contributed by atoms with Gasteiger partial charge in [0.2, 0.25) is 0 Å². The second-order valence-electron chi connectivity index (χ2n) is 7.53. The van der Waals surface area contributed by atoms with Gasteiger partial charge < -0.3 is 19.2 Å². The minimum absolute atomic E-state index is 0.239. The van der Waals surface area contributed by atoms with Gasteiger partial charge in [-0.25, -0.2) is 4.98 Å². The maximum atomic E-state index is 13.2. The quantitative estimate of drug-likeness (QED) is 0.515. The summed E-state index contributed by atoms with van der Waals surface area (Å²) in [5.74, 6) is 0.324. The summed E-state index contributed by atoms with van der Waals surface area (Å²) < 4.78 is 10.8. The lowest BCUT2D eigenvalue weighted by Gasteiger charge is -2.29. The first kappa shape index (κ1) is 18.4. The Morgan fingerprint density at radius 1 is 1.10 bits per heavy atom. The molecule has 0 spiro atoms. The number of anilines is 2. The third kappa shape index (κ3) is 3.43. The number of fused-ring (bicyclic) bond motifs is 1. The molecule has 1 amide bonds. The van der Waals surface area contributed by atoms with Gasteiger partial charge in [0.25, 0.3) is 11.6 Å². The third-order valence-electron chi connectivity index (χ3n) is 5.46. The first-order chi connectivity index (χ1) is 14.7. The second kappa shape index (κ2) is 7.67. The Balaban J connectivity index is 1.48. The van der Waals surface area contributed by atoms with E-state index in [1.807, 2.05) is 18.2 Å². The lowest BCUT2D eigenvalue weighted by atomic mass is 10.1. The van der Waals surface area contributed by atoms with Crippen LogP contribution >= 0.6 is 0 Å². The van der Waals surface area contributed by atoms with Crippen LogP contribution in [0.5, 0.6) is 0 Å². The fourth-order valence-corrected chi connectivity index (χ4v) is 3.96. The number of nitrogens with one attached hydrogen (secondary N) is 1. The monoisotopic (exact) mass is 402 g/mol. The van der Waals surface area contributed by atoms with E-state index in [4.69, 9.17) is 8.94 Å². The number of pyridine rings is 1. The van der Waals surface area contributed by atoms with E-state index < -0.39 is 0 Å². The Labute approximate surface area is 173 Å². The van der Waals surface area contributed by atoms with Crippen molar-refractivity contribution in [2.24, 2.45) is 0 Å². The largest absolute Gasteiger partial charge is 0.463 e. The van der Waals surface area contributed by atoms with E-state index in [1.165, 1.54) is 19.3 Å². The maximum absolute atomic E-state index is 13.2. The Morgan fingerprint density at radius 2 is 1.97 bits per heavy atom. The number of hydrogen-bond donors (Lipinski definition) is 1. The summed E-state index contributed by atoms with van der Waals surface area (Å²) in [6.45, 7) is 3.90. The summed E-state index contributed by atoms with van der Waals surface area (Å²) in [5.41, 5.74) is 3.79. The fraction of sp³-hybridized carbons (Fsp3) is 0.261. The van der Waals surface area contributed by atoms with E-state index in [9.17, 15) is 4.79 Å². The normalized spacial score (nSPS) is 14.2. The van der Waals surface area contributed by atoms with E-state index in [-0.39, 0.29) is 5.91 Å². The molecule has 0 atom stereocenters. The number of amides is 1. The zero-order valence-electron chi connectivity index (χ0n) is 16.7. The van der Waals surface area contributed by atoms with E-state index in [0.717, 1.165) is 24.5 Å². The van der Waals surface area contributed by atoms with Crippen LogP contribution in [0.15, 0.2) is 57.7 Å². The van der Waals surface area contributed by atoms with Gasteiger partial charge in [-0.05, 0) is 62.6 Å². The van der Waals surface area contributed by atoms with Gasteiger partial charge in [0.05, 0.1) is 22.9 Å². The molecular formula is C23H22N4O3. The molecule has 1 saturated heterocycles. The van der Waals surface area contributed by atoms with Gasteiger partial charge in [-0.2, -0.15) is 0 Å². The van der Waals surface area contributed by atoms with E-state index in [2.05, 4.69) is 26.4 Å². The van der Waals surface area contributed by atoms with Crippen LogP contribution in [0, 0.1) is 6.92 Å². The van der Waals surface area contributed by atoms with E-state index in [0.29, 0.717) is 33.8 Å². The number of carbonyl (C=O) groups is 1. The second-order valence-corrected chi connectivity index (χ2v) is 7.53. The highest BCUT2D eigenvalue weighted by Crippen LogP contribution is 2.29. The topological polar surface area (TPSA) is 84.4 Å². The molecule has 5 rings (SSSR count). The Bertz CT molecular complexity index is 1190. The number of benzene rings is 1. The van der Waals surface area contributed by atoms with Crippen LogP contribution in [0.1, 0.15) is 35.3 Å². The lowest BCUT2D eigenvalue weighted by molar-refractivity contribution is 0.102. The van der Waals surface area contributed by atoms with Crippen molar-refractivity contribution in [2.75, 3.05) is 23.3 Å². The van der Waals surface area contributed by atoms with Crippen molar-refractivity contribution in [3.63, 3.8) is 0 Å². The molecule has 1 N–H and O–H groups in total. The summed E-state index contributed by atoms with van der Waals surface area (Å²) in [6.07, 6.45) is 5.25. The van der Waals surface area contributed by atoms with Crippen molar-refractivity contribution in [3.8, 4) is 11.5 Å². The molecule has 7 nitrogen and oxygen atoms in total. The number of rotatable bonds is 4. The van der Waals surface area contributed by atoms with Gasteiger partial charge in [0.1, 0.15) is 5.69 Å². The Morgan fingerprint density at radius 3 is 2.77 bits per heavy atom. The summed E-state index contributed by atoms with van der Waals surface area (Å²) in [5, 5.41) is 7.62. The van der Waals surface area contributed by atoms with E-state index >= 15 is 0 Å². The molecule has 1 aliphatic heterocycles. The fourth-order valence-electron chi connectivity index (χ4n) is 3.96. The van der Waals surface area contributed by atoms with Crippen LogP contribution in [0.3, 0.4) is 0 Å². The average Bonchev–Trinajstić information content (AvgIpc) is 3.44. The lowest BCUT2D eigenvalue weighted by Crippen LogP contribution is -2.29. The van der Waals surface area contributed by atoms with Gasteiger partial charge in [-0.15, -0.1) is 0 Å². The van der Waals surface area contributed by atoms with Crippen LogP contribution in [-0.4, -0.2) is 29.1 Å². The van der Waals surface area contributed by atoms with Gasteiger partial charge in [0.15, 0.2) is 5.76 Å². The predicted octanol–water partition coefficient (Wildman–Crippen LogP) is 5.03. The van der Waals surface area contributed by atoms with Crippen molar-refractivity contribution in [3.05, 3.63) is 60.0 Å². The number of aromatic nitrogens is 2. The molecule has 1 aromatic carbocycles. The zero-order valence-corrected chi connectivity index (χ0v) is 16.7. The number of carbonyl (C=O) groups excluding carboxylic acids is 1. The van der Waals surface area contributed by atoms with Gasteiger partial charge in [-0.3, -0.25) is 4.79 Å². The first-order valence-corrected chi connectivity index (χ1v) is 10.2. The molecule has 0 unspecified atom stereocenters. The molecule has 1 fully saturated rings. The number of hydrogen-bond acceptors (Lipinski definition) is 6. The molecule has 30 heavy (non-hydrogen) atoms. The number of nitrogens with zero attached hydrogens (tertiary/aromatic N) is 3. The van der Waals surface area contributed by atoms with Gasteiger partial charge in [-0.1, -0.05) is 11.2 Å². The number of piperidine rings is 1. The van der Waals surface area contributed by atoms with Crippen LogP contribution in [0.2, 0.25) is 0 Å². The SMILES string of the molecule is Cc1noc2nc(-c3ccco3)cc(C(=O)Nc3cccc(N4CCCCC4)c3)c12. The van der Waals surface area contributed by atoms with Crippen molar-refractivity contribution in [2.45, 2.75) is 26.2 Å². The molecule has 0 bridgehead atoms. The molecule has 1 aliphatic rings. The summed E-state index contributed by atoms with van der Waals surface area (Å²) in [4.78, 5) is 20.1. The third-order valence-corrected chi connectivity index (χ3v) is 5.46. The smallest absolute Gasteiger partial charge is 0.259 e. The van der Waals surface area contributed by atoms with Crippen LogP contribution < -0.4 is 10.2 Å². The molecular weight excluding hydrogens is 380 g/mol. The highest BCUT2D eigenvalue weighted by molar-refractivity contribution is 6.13. The molecule has 3 aromatic heterocycles. The summed E-state index contributed by atoms with van der Waals surface area (Å²) in [7, 11) is 0. The van der Waals surface area contributed by atoms with Gasteiger partial charge >= 0.3 is 0 Å². The van der Waals surface area contributed by atoms with Crippen molar-refractivity contribution < 1.29 is 13.7 Å². The van der Waals surface area contributed by atoms with Crippen molar-refractivity contribution >= 4 is 28.4 Å². The predicted molar refractivity (Wildman–Crippen MR) is 115 cm³/mol. The highest BCUT2D eigenvalue weighted by Gasteiger charge is 2.20. The zero-order chi connectivity index (χ0) is 20.5.